The molecule has 112 valence electrons. The highest BCUT2D eigenvalue weighted by Gasteiger charge is 2.21. The van der Waals surface area contributed by atoms with Crippen LogP contribution in [0.3, 0.4) is 0 Å². The zero-order valence-corrected chi connectivity index (χ0v) is 13.2. The Morgan fingerprint density at radius 2 is 2.00 bits per heavy atom. The standard InChI is InChI=1S/C18H30N2/c1-3-13-19-15-16-10-7-8-12-18(16)20-14-9-5-6-11-17(20)4-2/h7-8,10,12,17,19H,3-6,9,11,13-15H2,1-2H3. The van der Waals surface area contributed by atoms with E-state index in [1.807, 2.05) is 0 Å². The normalized spacial score (nSPS) is 19.9. The molecule has 0 aromatic heterocycles. The van der Waals surface area contributed by atoms with E-state index in [1.54, 1.807) is 0 Å². The molecule has 2 nitrogen and oxygen atoms in total. The predicted octanol–water partition coefficient (Wildman–Crippen LogP) is 4.35. The van der Waals surface area contributed by atoms with Crippen molar-refractivity contribution in [1.29, 1.82) is 0 Å². The van der Waals surface area contributed by atoms with Crippen LogP contribution < -0.4 is 10.2 Å². The van der Waals surface area contributed by atoms with E-state index >= 15 is 0 Å². The predicted molar refractivity (Wildman–Crippen MR) is 88.3 cm³/mol. The maximum absolute atomic E-state index is 3.55. The van der Waals surface area contributed by atoms with Crippen molar-refractivity contribution < 1.29 is 0 Å². The van der Waals surface area contributed by atoms with E-state index in [2.05, 4.69) is 48.3 Å². The molecule has 1 aromatic rings. The largest absolute Gasteiger partial charge is 0.368 e. The Hall–Kier alpha value is -1.02. The molecule has 0 saturated carbocycles. The van der Waals surface area contributed by atoms with Crippen LogP contribution in [0.25, 0.3) is 0 Å². The molecule has 1 aliphatic heterocycles. The molecule has 20 heavy (non-hydrogen) atoms. The number of hydrogen-bond acceptors (Lipinski definition) is 2. The molecular formula is C18H30N2. The Balaban J connectivity index is 2.16. The first-order chi connectivity index (χ1) is 9.86. The molecule has 1 N–H and O–H groups in total. The number of para-hydroxylation sites is 1. The molecule has 1 aromatic carbocycles. The molecule has 1 atom stereocenters. The van der Waals surface area contributed by atoms with Crippen LogP contribution >= 0.6 is 0 Å². The summed E-state index contributed by atoms with van der Waals surface area (Å²) in [6.07, 6.45) is 7.94. The van der Waals surface area contributed by atoms with E-state index in [4.69, 9.17) is 0 Å². The first-order valence-corrected chi connectivity index (χ1v) is 8.42. The maximum Gasteiger partial charge on any atom is 0.0414 e. The zero-order valence-electron chi connectivity index (χ0n) is 13.2. The van der Waals surface area contributed by atoms with E-state index in [-0.39, 0.29) is 0 Å². The van der Waals surface area contributed by atoms with Gasteiger partial charge in [0.1, 0.15) is 0 Å². The average molecular weight is 274 g/mol. The van der Waals surface area contributed by atoms with E-state index in [1.165, 1.54) is 56.3 Å². The maximum atomic E-state index is 3.55. The van der Waals surface area contributed by atoms with Crippen LogP contribution in [-0.2, 0) is 6.54 Å². The Morgan fingerprint density at radius 1 is 1.15 bits per heavy atom. The van der Waals surface area contributed by atoms with Crippen LogP contribution in [0, 0.1) is 0 Å². The van der Waals surface area contributed by atoms with Gasteiger partial charge in [0, 0.05) is 24.8 Å². The first kappa shape index (κ1) is 15.4. The highest BCUT2D eigenvalue weighted by molar-refractivity contribution is 5.54. The number of benzene rings is 1. The van der Waals surface area contributed by atoms with E-state index in [0.29, 0.717) is 0 Å². The quantitative estimate of drug-likeness (QED) is 0.776. The Labute approximate surface area is 124 Å². The molecular weight excluding hydrogens is 244 g/mol. The summed E-state index contributed by atoms with van der Waals surface area (Å²) < 4.78 is 0. The second kappa shape index (κ2) is 8.31. The molecule has 0 aliphatic carbocycles. The van der Waals surface area contributed by atoms with Crippen LogP contribution in [-0.4, -0.2) is 19.1 Å². The zero-order chi connectivity index (χ0) is 14.2. The molecule has 1 saturated heterocycles. The van der Waals surface area contributed by atoms with E-state index in [0.717, 1.165) is 19.1 Å². The fourth-order valence-electron chi connectivity index (χ4n) is 3.26. The summed E-state index contributed by atoms with van der Waals surface area (Å²) in [7, 11) is 0. The van der Waals surface area contributed by atoms with Crippen LogP contribution in [0.15, 0.2) is 24.3 Å². The average Bonchev–Trinajstić information content (AvgIpc) is 2.73. The minimum Gasteiger partial charge on any atom is -0.368 e. The summed E-state index contributed by atoms with van der Waals surface area (Å²) in [5, 5.41) is 3.55. The molecule has 1 aliphatic rings. The van der Waals surface area contributed by atoms with Gasteiger partial charge in [0.25, 0.3) is 0 Å². The van der Waals surface area contributed by atoms with Gasteiger partial charge in [-0.2, -0.15) is 0 Å². The SMILES string of the molecule is CCCNCc1ccccc1N1CCCCCC1CC. The molecule has 0 amide bonds. The van der Waals surface area contributed by atoms with Crippen molar-refractivity contribution in [3.63, 3.8) is 0 Å². The molecule has 2 heteroatoms. The van der Waals surface area contributed by atoms with Gasteiger partial charge in [-0.1, -0.05) is 44.9 Å². The van der Waals surface area contributed by atoms with Crippen LogP contribution in [0.4, 0.5) is 5.69 Å². The fraction of sp³-hybridized carbons (Fsp3) is 0.667. The van der Waals surface area contributed by atoms with Crippen LogP contribution in [0.2, 0.25) is 0 Å². The van der Waals surface area contributed by atoms with Gasteiger partial charge in [0.2, 0.25) is 0 Å². The van der Waals surface area contributed by atoms with Gasteiger partial charge in [0.05, 0.1) is 0 Å². The van der Waals surface area contributed by atoms with Gasteiger partial charge < -0.3 is 10.2 Å². The van der Waals surface area contributed by atoms with Crippen molar-refractivity contribution in [3.8, 4) is 0 Å². The van der Waals surface area contributed by atoms with E-state index in [9.17, 15) is 0 Å². The lowest BCUT2D eigenvalue weighted by Crippen LogP contribution is -2.35. The number of nitrogens with one attached hydrogen (secondary N) is 1. The van der Waals surface area contributed by atoms with Gasteiger partial charge in [-0.3, -0.25) is 0 Å². The van der Waals surface area contributed by atoms with Crippen LogP contribution in [0.5, 0.6) is 0 Å². The van der Waals surface area contributed by atoms with Crippen molar-refractivity contribution in [2.24, 2.45) is 0 Å². The molecule has 1 heterocycles. The molecule has 0 bridgehead atoms. The third-order valence-corrected chi connectivity index (χ3v) is 4.39. The van der Waals surface area contributed by atoms with Crippen molar-refractivity contribution in [2.75, 3.05) is 18.0 Å². The lowest BCUT2D eigenvalue weighted by molar-refractivity contribution is 0.553. The van der Waals surface area contributed by atoms with Crippen molar-refractivity contribution >= 4 is 5.69 Å². The second-order valence-corrected chi connectivity index (χ2v) is 5.91. The summed E-state index contributed by atoms with van der Waals surface area (Å²) in [6, 6.07) is 9.69. The number of nitrogens with zero attached hydrogens (tertiary/aromatic N) is 1. The molecule has 2 rings (SSSR count). The Morgan fingerprint density at radius 3 is 2.80 bits per heavy atom. The first-order valence-electron chi connectivity index (χ1n) is 8.42. The highest BCUT2D eigenvalue weighted by atomic mass is 15.2. The molecule has 0 radical (unpaired) electrons. The summed E-state index contributed by atoms with van der Waals surface area (Å²) in [5.74, 6) is 0. The smallest absolute Gasteiger partial charge is 0.0414 e. The summed E-state index contributed by atoms with van der Waals surface area (Å²) >= 11 is 0. The Kier molecular flexibility index (Phi) is 6.38. The third-order valence-electron chi connectivity index (χ3n) is 4.39. The molecule has 1 unspecified atom stereocenters. The molecule has 1 fully saturated rings. The summed E-state index contributed by atoms with van der Waals surface area (Å²) in [4.78, 5) is 2.68. The van der Waals surface area contributed by atoms with Gasteiger partial charge in [-0.25, -0.2) is 0 Å². The van der Waals surface area contributed by atoms with Crippen molar-refractivity contribution in [1.82, 2.24) is 5.32 Å². The summed E-state index contributed by atoms with van der Waals surface area (Å²) in [6.45, 7) is 7.88. The molecule has 0 spiro atoms. The monoisotopic (exact) mass is 274 g/mol. The van der Waals surface area contributed by atoms with Crippen molar-refractivity contribution in [3.05, 3.63) is 29.8 Å². The fourth-order valence-corrected chi connectivity index (χ4v) is 3.26. The summed E-state index contributed by atoms with van der Waals surface area (Å²) in [5.41, 5.74) is 2.92. The number of hydrogen-bond donors (Lipinski definition) is 1. The Bertz CT molecular complexity index is 389. The number of rotatable bonds is 6. The lowest BCUT2D eigenvalue weighted by Gasteiger charge is -2.33. The van der Waals surface area contributed by atoms with Gasteiger partial charge in [-0.15, -0.1) is 0 Å². The minimum atomic E-state index is 0.727. The van der Waals surface area contributed by atoms with E-state index < -0.39 is 0 Å². The minimum absolute atomic E-state index is 0.727. The van der Waals surface area contributed by atoms with Gasteiger partial charge >= 0.3 is 0 Å². The third kappa shape index (κ3) is 3.99. The highest BCUT2D eigenvalue weighted by Crippen LogP contribution is 2.28. The lowest BCUT2D eigenvalue weighted by atomic mass is 10.0. The number of anilines is 1. The second-order valence-electron chi connectivity index (χ2n) is 5.91. The van der Waals surface area contributed by atoms with Crippen LogP contribution in [0.1, 0.15) is 57.9 Å². The van der Waals surface area contributed by atoms with Gasteiger partial charge in [0.15, 0.2) is 0 Å². The topological polar surface area (TPSA) is 15.3 Å². The van der Waals surface area contributed by atoms with Crippen molar-refractivity contribution in [2.45, 2.75) is 65.0 Å². The van der Waals surface area contributed by atoms with Gasteiger partial charge in [-0.05, 0) is 43.9 Å².